The van der Waals surface area contributed by atoms with Crippen LogP contribution < -0.4 is 5.32 Å². The lowest BCUT2D eigenvalue weighted by Gasteiger charge is -2.26. The monoisotopic (exact) mass is 277 g/mol. The van der Waals surface area contributed by atoms with E-state index < -0.39 is 0 Å². The van der Waals surface area contributed by atoms with Crippen LogP contribution in [0.15, 0.2) is 28.7 Å². The van der Waals surface area contributed by atoms with Crippen LogP contribution in [-0.4, -0.2) is 12.1 Å². The second-order valence-corrected chi connectivity index (χ2v) is 7.08. The molecule has 0 spiro atoms. The molecule has 1 heterocycles. The lowest BCUT2D eigenvalue weighted by molar-refractivity contribution is 0.339. The largest absolute Gasteiger partial charge is 0.457 e. The number of halogens is 1. The van der Waals surface area contributed by atoms with Gasteiger partial charge in [0.15, 0.2) is 11.4 Å². The number of hydrogen-bond acceptors (Lipinski definition) is 2. The van der Waals surface area contributed by atoms with E-state index in [1.807, 2.05) is 12.1 Å². The average Bonchev–Trinajstić information content (AvgIpc) is 2.73. The molecule has 3 heteroatoms. The quantitative estimate of drug-likeness (QED) is 0.881. The van der Waals surface area contributed by atoms with Gasteiger partial charge in [0.1, 0.15) is 5.76 Å². The first kappa shape index (κ1) is 15.0. The Balaban J connectivity index is 2.17. The molecule has 0 amide bonds. The molecule has 0 atom stereocenters. The Morgan fingerprint density at radius 1 is 1.15 bits per heavy atom. The van der Waals surface area contributed by atoms with Crippen molar-refractivity contribution in [3.8, 4) is 0 Å². The van der Waals surface area contributed by atoms with Crippen LogP contribution in [0.5, 0.6) is 0 Å². The molecule has 20 heavy (non-hydrogen) atoms. The normalized spacial score (nSPS) is 13.1. The standard InChI is InChI=1S/C17H24FNO/c1-16(2,3)19-10-9-17(4,5)14-11-12-7-6-8-13(18)15(12)20-14/h6-8,11,19H,9-10H2,1-5H3. The van der Waals surface area contributed by atoms with Crippen LogP contribution in [0.4, 0.5) is 4.39 Å². The zero-order chi connectivity index (χ0) is 15.0. The smallest absolute Gasteiger partial charge is 0.169 e. The SMILES string of the molecule is CC(C)(C)NCCC(C)(C)c1cc2cccc(F)c2o1. The molecule has 1 aromatic carbocycles. The average molecular weight is 277 g/mol. The molecule has 0 saturated heterocycles. The van der Waals surface area contributed by atoms with Gasteiger partial charge in [-0.05, 0) is 45.9 Å². The summed E-state index contributed by atoms with van der Waals surface area (Å²) in [5.41, 5.74) is 0.346. The summed E-state index contributed by atoms with van der Waals surface area (Å²) in [4.78, 5) is 0. The molecule has 0 fully saturated rings. The van der Waals surface area contributed by atoms with E-state index in [1.54, 1.807) is 6.07 Å². The van der Waals surface area contributed by atoms with Crippen molar-refractivity contribution in [3.05, 3.63) is 35.8 Å². The number of hydrogen-bond donors (Lipinski definition) is 1. The van der Waals surface area contributed by atoms with E-state index in [-0.39, 0.29) is 16.8 Å². The Kier molecular flexibility index (Phi) is 3.92. The van der Waals surface area contributed by atoms with E-state index in [0.717, 1.165) is 24.1 Å². The van der Waals surface area contributed by atoms with Crippen molar-refractivity contribution < 1.29 is 8.81 Å². The second kappa shape index (κ2) is 5.21. The van der Waals surface area contributed by atoms with Gasteiger partial charge < -0.3 is 9.73 Å². The number of rotatable bonds is 4. The third-order valence-corrected chi connectivity index (χ3v) is 3.57. The van der Waals surface area contributed by atoms with Crippen LogP contribution in [0.2, 0.25) is 0 Å². The number of fused-ring (bicyclic) bond motifs is 1. The molecule has 0 unspecified atom stereocenters. The van der Waals surface area contributed by atoms with E-state index >= 15 is 0 Å². The molecule has 0 bridgehead atoms. The highest BCUT2D eigenvalue weighted by Crippen LogP contribution is 2.32. The van der Waals surface area contributed by atoms with Crippen molar-refractivity contribution in [2.24, 2.45) is 0 Å². The van der Waals surface area contributed by atoms with Crippen molar-refractivity contribution in [2.75, 3.05) is 6.54 Å². The fraction of sp³-hybridized carbons (Fsp3) is 0.529. The summed E-state index contributed by atoms with van der Waals surface area (Å²) in [5, 5.41) is 4.31. The van der Waals surface area contributed by atoms with E-state index in [0.29, 0.717) is 5.58 Å². The van der Waals surface area contributed by atoms with Crippen molar-refractivity contribution in [2.45, 2.75) is 52.0 Å². The minimum absolute atomic E-state index is 0.107. The molecule has 1 aromatic heterocycles. The van der Waals surface area contributed by atoms with Gasteiger partial charge in [-0.3, -0.25) is 0 Å². The topological polar surface area (TPSA) is 25.2 Å². The van der Waals surface area contributed by atoms with Gasteiger partial charge in [-0.1, -0.05) is 26.0 Å². The summed E-state index contributed by atoms with van der Waals surface area (Å²) < 4.78 is 19.4. The Hall–Kier alpha value is -1.35. The Morgan fingerprint density at radius 3 is 2.45 bits per heavy atom. The Labute approximate surface area is 120 Å². The van der Waals surface area contributed by atoms with Gasteiger partial charge in [0.05, 0.1) is 0 Å². The van der Waals surface area contributed by atoms with Gasteiger partial charge in [-0.25, -0.2) is 4.39 Å². The lowest BCUT2D eigenvalue weighted by Crippen LogP contribution is -2.38. The first-order chi connectivity index (χ1) is 9.19. The predicted octanol–water partition coefficient (Wildman–Crippen LogP) is 4.63. The van der Waals surface area contributed by atoms with E-state index in [4.69, 9.17) is 4.42 Å². The molecule has 110 valence electrons. The molecule has 2 aromatic rings. The number of furan rings is 1. The molecule has 1 N–H and O–H groups in total. The third kappa shape index (κ3) is 3.40. The van der Waals surface area contributed by atoms with Crippen LogP contribution >= 0.6 is 0 Å². The van der Waals surface area contributed by atoms with Crippen molar-refractivity contribution in [1.29, 1.82) is 0 Å². The molecule has 0 aliphatic heterocycles. The first-order valence-corrected chi connectivity index (χ1v) is 7.13. The van der Waals surface area contributed by atoms with Crippen LogP contribution in [0.1, 0.15) is 46.8 Å². The fourth-order valence-electron chi connectivity index (χ4n) is 2.23. The van der Waals surface area contributed by atoms with Crippen LogP contribution in [0.25, 0.3) is 11.0 Å². The zero-order valence-electron chi connectivity index (χ0n) is 13.0. The molecule has 0 aliphatic rings. The highest BCUT2D eigenvalue weighted by Gasteiger charge is 2.26. The van der Waals surface area contributed by atoms with Crippen LogP contribution in [0.3, 0.4) is 0 Å². The van der Waals surface area contributed by atoms with Crippen LogP contribution in [-0.2, 0) is 5.41 Å². The minimum atomic E-state index is -0.294. The maximum atomic E-state index is 13.7. The highest BCUT2D eigenvalue weighted by atomic mass is 19.1. The molecule has 2 nitrogen and oxygen atoms in total. The molecule has 0 aliphatic carbocycles. The fourth-order valence-corrected chi connectivity index (χ4v) is 2.23. The Morgan fingerprint density at radius 2 is 1.85 bits per heavy atom. The van der Waals surface area contributed by atoms with E-state index in [1.165, 1.54) is 6.07 Å². The van der Waals surface area contributed by atoms with E-state index in [2.05, 4.69) is 39.9 Å². The van der Waals surface area contributed by atoms with Crippen LogP contribution in [0, 0.1) is 5.82 Å². The van der Waals surface area contributed by atoms with Gasteiger partial charge >= 0.3 is 0 Å². The summed E-state index contributed by atoms with van der Waals surface area (Å²) >= 11 is 0. The zero-order valence-corrected chi connectivity index (χ0v) is 13.0. The highest BCUT2D eigenvalue weighted by molar-refractivity contribution is 5.78. The van der Waals surface area contributed by atoms with Gasteiger partial charge in [0, 0.05) is 16.3 Å². The summed E-state index contributed by atoms with van der Waals surface area (Å²) in [5.74, 6) is 0.547. The summed E-state index contributed by atoms with van der Waals surface area (Å²) in [6.07, 6.45) is 0.936. The van der Waals surface area contributed by atoms with Crippen molar-refractivity contribution in [3.63, 3.8) is 0 Å². The number of nitrogens with one attached hydrogen (secondary N) is 1. The lowest BCUT2D eigenvalue weighted by atomic mass is 9.86. The molecule has 0 radical (unpaired) electrons. The maximum Gasteiger partial charge on any atom is 0.169 e. The third-order valence-electron chi connectivity index (χ3n) is 3.57. The van der Waals surface area contributed by atoms with Crippen molar-refractivity contribution >= 4 is 11.0 Å². The summed E-state index contributed by atoms with van der Waals surface area (Å²) in [7, 11) is 0. The van der Waals surface area contributed by atoms with Gasteiger partial charge in [0.25, 0.3) is 0 Å². The molecular formula is C17H24FNO. The van der Waals surface area contributed by atoms with Gasteiger partial charge in [-0.15, -0.1) is 0 Å². The van der Waals surface area contributed by atoms with Gasteiger partial charge in [-0.2, -0.15) is 0 Å². The first-order valence-electron chi connectivity index (χ1n) is 7.13. The molecule has 0 saturated carbocycles. The Bertz CT molecular complexity index is 593. The molecular weight excluding hydrogens is 253 g/mol. The van der Waals surface area contributed by atoms with Gasteiger partial charge in [0.2, 0.25) is 0 Å². The predicted molar refractivity (Wildman–Crippen MR) is 81.6 cm³/mol. The van der Waals surface area contributed by atoms with E-state index in [9.17, 15) is 4.39 Å². The number of benzene rings is 1. The number of para-hydroxylation sites is 1. The maximum absolute atomic E-state index is 13.7. The second-order valence-electron chi connectivity index (χ2n) is 7.08. The summed E-state index contributed by atoms with van der Waals surface area (Å²) in [6, 6.07) is 6.99. The molecule has 2 rings (SSSR count). The summed E-state index contributed by atoms with van der Waals surface area (Å²) in [6.45, 7) is 11.6. The minimum Gasteiger partial charge on any atom is -0.457 e. The van der Waals surface area contributed by atoms with Crippen molar-refractivity contribution in [1.82, 2.24) is 5.32 Å².